The van der Waals surface area contributed by atoms with Crippen LogP contribution in [0.2, 0.25) is 0 Å². The van der Waals surface area contributed by atoms with Crippen molar-refractivity contribution in [3.63, 3.8) is 0 Å². The van der Waals surface area contributed by atoms with E-state index in [1.807, 2.05) is 39.8 Å². The van der Waals surface area contributed by atoms with E-state index in [9.17, 15) is 0 Å². The lowest BCUT2D eigenvalue weighted by molar-refractivity contribution is 0.168. The first-order chi connectivity index (χ1) is 8.32. The Kier molecular flexibility index (Phi) is 4.61. The van der Waals surface area contributed by atoms with Crippen LogP contribution in [0.5, 0.6) is 5.88 Å². The van der Waals surface area contributed by atoms with Crippen molar-refractivity contribution < 1.29 is 4.74 Å². The highest BCUT2D eigenvalue weighted by atomic mass is 16.5. The molecule has 6 nitrogen and oxygen atoms in total. The summed E-state index contributed by atoms with van der Waals surface area (Å²) in [4.78, 5) is 2.02. The summed E-state index contributed by atoms with van der Waals surface area (Å²) in [6, 6.07) is 0. The van der Waals surface area contributed by atoms with E-state index in [1.165, 1.54) is 0 Å². The van der Waals surface area contributed by atoms with Gasteiger partial charge in [0.2, 0.25) is 5.88 Å². The van der Waals surface area contributed by atoms with Gasteiger partial charge in [0.1, 0.15) is 11.9 Å². The van der Waals surface area contributed by atoms with Crippen molar-refractivity contribution in [2.75, 3.05) is 20.6 Å². The number of amidine groups is 1. The third-order valence-electron chi connectivity index (χ3n) is 2.63. The van der Waals surface area contributed by atoms with E-state index in [0.29, 0.717) is 11.4 Å². The van der Waals surface area contributed by atoms with Crippen molar-refractivity contribution in [3.05, 3.63) is 16.8 Å². The number of aromatic nitrogens is 2. The summed E-state index contributed by atoms with van der Waals surface area (Å²) in [5.74, 6) is 0.289. The molecule has 0 aliphatic rings. The van der Waals surface area contributed by atoms with Crippen LogP contribution in [0.15, 0.2) is 0 Å². The van der Waals surface area contributed by atoms with Gasteiger partial charge in [-0.05, 0) is 40.4 Å². The Morgan fingerprint density at radius 2 is 2.00 bits per heavy atom. The Morgan fingerprint density at radius 3 is 2.50 bits per heavy atom. The van der Waals surface area contributed by atoms with Gasteiger partial charge in [0.25, 0.3) is 0 Å². The number of hydrogen-bond donors (Lipinski definition) is 2. The minimum absolute atomic E-state index is 0.0439. The molecule has 0 aliphatic heterocycles. The zero-order valence-electron chi connectivity index (χ0n) is 11.6. The van der Waals surface area contributed by atoms with E-state index in [1.54, 1.807) is 0 Å². The van der Waals surface area contributed by atoms with Crippen molar-refractivity contribution in [1.29, 1.82) is 5.41 Å². The molecule has 6 heteroatoms. The minimum Gasteiger partial charge on any atom is -0.472 e. The lowest BCUT2D eigenvalue weighted by Gasteiger charge is -2.20. The number of nitrogens with zero attached hydrogens (tertiary/aromatic N) is 3. The van der Waals surface area contributed by atoms with E-state index in [2.05, 4.69) is 10.2 Å². The average Bonchev–Trinajstić information content (AvgIpc) is 2.21. The maximum absolute atomic E-state index is 7.62. The predicted molar refractivity (Wildman–Crippen MR) is 71.2 cm³/mol. The molecule has 0 bridgehead atoms. The maximum atomic E-state index is 7.62. The Morgan fingerprint density at radius 1 is 1.39 bits per heavy atom. The van der Waals surface area contributed by atoms with Gasteiger partial charge in [0.15, 0.2) is 0 Å². The average molecular weight is 251 g/mol. The van der Waals surface area contributed by atoms with Crippen LogP contribution in [0.4, 0.5) is 0 Å². The van der Waals surface area contributed by atoms with Crippen LogP contribution in [-0.4, -0.2) is 47.7 Å². The summed E-state index contributed by atoms with van der Waals surface area (Å²) >= 11 is 0. The zero-order valence-corrected chi connectivity index (χ0v) is 11.6. The molecule has 100 valence electrons. The Balaban J connectivity index is 3.02. The molecule has 0 saturated carbocycles. The molecule has 0 radical (unpaired) electrons. The maximum Gasteiger partial charge on any atom is 0.245 e. The first-order valence-electron chi connectivity index (χ1n) is 5.82. The van der Waals surface area contributed by atoms with Crippen molar-refractivity contribution >= 4 is 5.84 Å². The molecule has 1 aromatic heterocycles. The molecule has 0 spiro atoms. The van der Waals surface area contributed by atoms with Crippen LogP contribution < -0.4 is 10.5 Å². The smallest absolute Gasteiger partial charge is 0.245 e. The van der Waals surface area contributed by atoms with Gasteiger partial charge in [-0.2, -0.15) is 5.10 Å². The third kappa shape index (κ3) is 3.40. The minimum atomic E-state index is -0.0468. The van der Waals surface area contributed by atoms with Crippen molar-refractivity contribution in [2.24, 2.45) is 5.73 Å². The van der Waals surface area contributed by atoms with Crippen LogP contribution in [0.3, 0.4) is 0 Å². The fourth-order valence-corrected chi connectivity index (χ4v) is 1.73. The summed E-state index contributed by atoms with van der Waals surface area (Å²) in [7, 11) is 3.94. The largest absolute Gasteiger partial charge is 0.472 e. The van der Waals surface area contributed by atoms with E-state index in [4.69, 9.17) is 15.9 Å². The third-order valence-corrected chi connectivity index (χ3v) is 2.63. The molecule has 0 aliphatic carbocycles. The molecule has 3 N–H and O–H groups in total. The summed E-state index contributed by atoms with van der Waals surface area (Å²) in [5.41, 5.74) is 7.72. The second-order valence-corrected chi connectivity index (χ2v) is 4.69. The number of ether oxygens (including phenoxy) is 1. The summed E-state index contributed by atoms with van der Waals surface area (Å²) in [6.45, 7) is 6.40. The normalized spacial score (nSPS) is 12.6. The quantitative estimate of drug-likeness (QED) is 0.594. The van der Waals surface area contributed by atoms with E-state index in [-0.39, 0.29) is 11.9 Å². The van der Waals surface area contributed by atoms with Gasteiger partial charge in [0, 0.05) is 6.54 Å². The number of nitrogen functional groups attached to an aromatic ring is 1. The molecule has 1 unspecified atom stereocenters. The van der Waals surface area contributed by atoms with E-state index >= 15 is 0 Å². The highest BCUT2D eigenvalue weighted by Crippen LogP contribution is 2.20. The molecule has 1 aromatic rings. The molecule has 1 heterocycles. The summed E-state index contributed by atoms with van der Waals surface area (Å²) < 4.78 is 5.72. The molecule has 0 fully saturated rings. The monoisotopic (exact) mass is 251 g/mol. The molecule has 18 heavy (non-hydrogen) atoms. The SMILES string of the molecule is Cc1nnc(OC(C)CN(C)C)c(C(=N)N)c1C. The van der Waals surface area contributed by atoms with Gasteiger partial charge in [-0.25, -0.2) is 0 Å². The fourth-order valence-electron chi connectivity index (χ4n) is 1.73. The number of aryl methyl sites for hydroxylation is 1. The molecule has 1 atom stereocenters. The molecule has 0 amide bonds. The molecule has 0 aromatic carbocycles. The van der Waals surface area contributed by atoms with Gasteiger partial charge in [-0.3, -0.25) is 5.41 Å². The standard InChI is InChI=1S/C12H21N5O/c1-7(6-17(4)5)18-12-10(11(13)14)8(2)9(3)15-16-12/h7H,6H2,1-5H3,(H3,13,14). The van der Waals surface area contributed by atoms with Crippen LogP contribution in [0.1, 0.15) is 23.7 Å². The summed E-state index contributed by atoms with van der Waals surface area (Å²) in [6.07, 6.45) is -0.0468. The Labute approximate surface area is 108 Å². The number of likely N-dealkylation sites (N-methyl/N-ethyl adjacent to an activating group) is 1. The van der Waals surface area contributed by atoms with Gasteiger partial charge in [-0.1, -0.05) is 0 Å². The van der Waals surface area contributed by atoms with Gasteiger partial charge >= 0.3 is 0 Å². The second-order valence-electron chi connectivity index (χ2n) is 4.69. The van der Waals surface area contributed by atoms with Crippen LogP contribution in [0, 0.1) is 19.3 Å². The van der Waals surface area contributed by atoms with Crippen LogP contribution in [-0.2, 0) is 0 Å². The van der Waals surface area contributed by atoms with Crippen molar-refractivity contribution in [2.45, 2.75) is 26.9 Å². The highest BCUT2D eigenvalue weighted by molar-refractivity contribution is 5.98. The lowest BCUT2D eigenvalue weighted by Crippen LogP contribution is -2.29. The number of nitrogens with one attached hydrogen (secondary N) is 1. The van der Waals surface area contributed by atoms with Crippen molar-refractivity contribution in [1.82, 2.24) is 15.1 Å². The number of hydrogen-bond acceptors (Lipinski definition) is 5. The van der Waals surface area contributed by atoms with Crippen LogP contribution >= 0.6 is 0 Å². The molecular weight excluding hydrogens is 230 g/mol. The number of nitrogens with two attached hydrogens (primary N) is 1. The fraction of sp³-hybridized carbons (Fsp3) is 0.583. The Bertz CT molecular complexity index is 444. The first kappa shape index (κ1) is 14.4. The lowest BCUT2D eigenvalue weighted by atomic mass is 10.1. The zero-order chi connectivity index (χ0) is 13.9. The summed E-state index contributed by atoms with van der Waals surface area (Å²) in [5, 5.41) is 15.6. The Hall–Kier alpha value is -1.69. The van der Waals surface area contributed by atoms with E-state index < -0.39 is 0 Å². The van der Waals surface area contributed by atoms with Gasteiger partial charge < -0.3 is 15.4 Å². The molecule has 1 rings (SSSR count). The van der Waals surface area contributed by atoms with E-state index in [0.717, 1.165) is 17.8 Å². The highest BCUT2D eigenvalue weighted by Gasteiger charge is 2.17. The number of rotatable bonds is 5. The van der Waals surface area contributed by atoms with Gasteiger partial charge in [-0.15, -0.1) is 5.10 Å². The van der Waals surface area contributed by atoms with Gasteiger partial charge in [0.05, 0.1) is 11.3 Å². The van der Waals surface area contributed by atoms with Crippen molar-refractivity contribution in [3.8, 4) is 5.88 Å². The topological polar surface area (TPSA) is 88.1 Å². The first-order valence-corrected chi connectivity index (χ1v) is 5.82. The van der Waals surface area contributed by atoms with Crippen LogP contribution in [0.25, 0.3) is 0 Å². The second kappa shape index (κ2) is 5.77. The molecular formula is C12H21N5O. The predicted octanol–water partition coefficient (Wildman–Crippen LogP) is 0.706. The molecule has 0 saturated heterocycles.